The van der Waals surface area contributed by atoms with Gasteiger partial charge in [0.25, 0.3) is 0 Å². The summed E-state index contributed by atoms with van der Waals surface area (Å²) in [5, 5.41) is 0. The predicted octanol–water partition coefficient (Wildman–Crippen LogP) is 1.88. The number of ether oxygens (including phenoxy) is 2. The highest BCUT2D eigenvalue weighted by molar-refractivity contribution is 9.10. The average molecular weight is 319 g/mol. The highest BCUT2D eigenvalue weighted by Gasteiger charge is 2.19. The van der Waals surface area contributed by atoms with E-state index in [-0.39, 0.29) is 17.6 Å². The Morgan fingerprint density at radius 2 is 2.39 bits per heavy atom. The zero-order valence-corrected chi connectivity index (χ0v) is 11.7. The SMILES string of the molecule is CN1CCOC(COc2c(N)cc(F)cc2Br)C1. The molecule has 1 unspecified atom stereocenters. The zero-order valence-electron chi connectivity index (χ0n) is 10.2. The van der Waals surface area contributed by atoms with Crippen LogP contribution in [0, 0.1) is 5.82 Å². The molecule has 1 saturated heterocycles. The van der Waals surface area contributed by atoms with E-state index < -0.39 is 0 Å². The Bertz CT molecular complexity index is 408. The fourth-order valence-electron chi connectivity index (χ4n) is 1.88. The molecule has 100 valence electrons. The van der Waals surface area contributed by atoms with E-state index in [0.717, 1.165) is 13.1 Å². The van der Waals surface area contributed by atoms with Crippen LogP contribution in [0.3, 0.4) is 0 Å². The summed E-state index contributed by atoms with van der Waals surface area (Å²) in [5.41, 5.74) is 6.00. The highest BCUT2D eigenvalue weighted by atomic mass is 79.9. The number of anilines is 1. The maximum atomic E-state index is 13.1. The second kappa shape index (κ2) is 5.86. The number of hydrogen-bond acceptors (Lipinski definition) is 4. The Balaban J connectivity index is 1.97. The lowest BCUT2D eigenvalue weighted by molar-refractivity contribution is -0.0403. The number of likely N-dealkylation sites (N-methyl/N-ethyl adjacent to an activating group) is 1. The van der Waals surface area contributed by atoms with E-state index in [1.54, 1.807) is 0 Å². The summed E-state index contributed by atoms with van der Waals surface area (Å²) in [5.74, 6) is 0.0774. The molecule has 0 aromatic heterocycles. The second-order valence-corrected chi connectivity index (χ2v) is 5.23. The molecule has 1 heterocycles. The van der Waals surface area contributed by atoms with Gasteiger partial charge < -0.3 is 20.1 Å². The quantitative estimate of drug-likeness (QED) is 0.864. The van der Waals surface area contributed by atoms with Gasteiger partial charge in [-0.1, -0.05) is 0 Å². The molecular weight excluding hydrogens is 303 g/mol. The average Bonchev–Trinajstić information content (AvgIpc) is 2.27. The number of halogens is 2. The van der Waals surface area contributed by atoms with Crippen molar-refractivity contribution < 1.29 is 13.9 Å². The van der Waals surface area contributed by atoms with Crippen LogP contribution >= 0.6 is 15.9 Å². The van der Waals surface area contributed by atoms with E-state index in [4.69, 9.17) is 15.2 Å². The molecule has 1 aliphatic rings. The van der Waals surface area contributed by atoms with Crippen LogP contribution in [0.2, 0.25) is 0 Å². The molecule has 2 N–H and O–H groups in total. The van der Waals surface area contributed by atoms with Crippen molar-refractivity contribution >= 4 is 21.6 Å². The van der Waals surface area contributed by atoms with Crippen molar-refractivity contribution in [1.82, 2.24) is 4.90 Å². The Hall–Kier alpha value is -0.850. The van der Waals surface area contributed by atoms with Crippen molar-refractivity contribution in [3.05, 3.63) is 22.4 Å². The molecule has 4 nitrogen and oxygen atoms in total. The first-order valence-corrected chi connectivity index (χ1v) is 6.53. The Labute approximate surface area is 114 Å². The summed E-state index contributed by atoms with van der Waals surface area (Å²) in [4.78, 5) is 2.18. The van der Waals surface area contributed by atoms with Crippen LogP contribution < -0.4 is 10.5 Å². The number of hydrogen-bond donors (Lipinski definition) is 1. The van der Waals surface area contributed by atoms with Crippen LogP contribution in [0.4, 0.5) is 10.1 Å². The number of nitrogens with zero attached hydrogens (tertiary/aromatic N) is 1. The van der Waals surface area contributed by atoms with Gasteiger partial charge in [-0.2, -0.15) is 0 Å². The van der Waals surface area contributed by atoms with E-state index in [2.05, 4.69) is 20.8 Å². The van der Waals surface area contributed by atoms with Gasteiger partial charge in [-0.25, -0.2) is 4.39 Å². The summed E-state index contributed by atoms with van der Waals surface area (Å²) in [6.45, 7) is 2.85. The number of nitrogen functional groups attached to an aromatic ring is 1. The van der Waals surface area contributed by atoms with Gasteiger partial charge >= 0.3 is 0 Å². The largest absolute Gasteiger partial charge is 0.487 e. The standard InChI is InChI=1S/C12H16BrFN2O2/c1-16-2-3-17-9(6-16)7-18-12-10(13)4-8(14)5-11(12)15/h4-5,9H,2-3,6-7,15H2,1H3. The van der Waals surface area contributed by atoms with Gasteiger partial charge in [0.2, 0.25) is 0 Å². The van der Waals surface area contributed by atoms with Crippen LogP contribution in [-0.4, -0.2) is 44.4 Å². The molecule has 0 saturated carbocycles. The summed E-state index contributed by atoms with van der Waals surface area (Å²) in [6, 6.07) is 2.58. The molecular formula is C12H16BrFN2O2. The first-order valence-electron chi connectivity index (χ1n) is 5.73. The maximum Gasteiger partial charge on any atom is 0.156 e. The van der Waals surface area contributed by atoms with Crippen molar-refractivity contribution in [3.8, 4) is 5.75 Å². The van der Waals surface area contributed by atoms with Crippen molar-refractivity contribution in [2.24, 2.45) is 0 Å². The molecule has 1 aliphatic heterocycles. The fraction of sp³-hybridized carbons (Fsp3) is 0.500. The summed E-state index contributed by atoms with van der Waals surface area (Å²) in [7, 11) is 2.04. The second-order valence-electron chi connectivity index (χ2n) is 4.37. The number of morpholine rings is 1. The van der Waals surface area contributed by atoms with Crippen LogP contribution in [0.15, 0.2) is 16.6 Å². The predicted molar refractivity (Wildman–Crippen MR) is 71.2 cm³/mol. The van der Waals surface area contributed by atoms with E-state index in [1.807, 2.05) is 7.05 Å². The van der Waals surface area contributed by atoms with E-state index in [1.165, 1.54) is 12.1 Å². The summed E-state index contributed by atoms with van der Waals surface area (Å²) >= 11 is 3.24. The minimum absolute atomic E-state index is 0.0140. The molecule has 18 heavy (non-hydrogen) atoms. The third-order valence-corrected chi connectivity index (χ3v) is 3.38. The first kappa shape index (κ1) is 13.6. The topological polar surface area (TPSA) is 47.7 Å². The van der Waals surface area contributed by atoms with Crippen LogP contribution in [-0.2, 0) is 4.74 Å². The molecule has 0 aliphatic carbocycles. The highest BCUT2D eigenvalue weighted by Crippen LogP contribution is 2.32. The monoisotopic (exact) mass is 318 g/mol. The zero-order chi connectivity index (χ0) is 13.1. The summed E-state index contributed by atoms with van der Waals surface area (Å²) < 4.78 is 24.8. The van der Waals surface area contributed by atoms with Crippen molar-refractivity contribution in [1.29, 1.82) is 0 Å². The van der Waals surface area contributed by atoms with Gasteiger partial charge in [-0.3, -0.25) is 0 Å². The molecule has 0 amide bonds. The molecule has 6 heteroatoms. The van der Waals surface area contributed by atoms with E-state index >= 15 is 0 Å². The minimum Gasteiger partial charge on any atom is -0.487 e. The maximum absolute atomic E-state index is 13.1. The van der Waals surface area contributed by atoms with Crippen LogP contribution in [0.5, 0.6) is 5.75 Å². The minimum atomic E-state index is -0.389. The van der Waals surface area contributed by atoms with E-state index in [0.29, 0.717) is 23.4 Å². The van der Waals surface area contributed by atoms with Gasteiger partial charge in [0.15, 0.2) is 5.75 Å². The third kappa shape index (κ3) is 3.34. The number of benzene rings is 1. The van der Waals surface area contributed by atoms with Gasteiger partial charge in [-0.15, -0.1) is 0 Å². The van der Waals surface area contributed by atoms with Gasteiger partial charge in [0.05, 0.1) is 16.8 Å². The lowest BCUT2D eigenvalue weighted by Crippen LogP contribution is -2.42. The molecule has 1 fully saturated rings. The molecule has 0 bridgehead atoms. The van der Waals surface area contributed by atoms with Crippen LogP contribution in [0.1, 0.15) is 0 Å². The summed E-state index contributed by atoms with van der Waals surface area (Å²) in [6.07, 6.45) is 0.0140. The van der Waals surface area contributed by atoms with E-state index in [9.17, 15) is 4.39 Å². The molecule has 1 atom stereocenters. The molecule has 2 rings (SSSR count). The Morgan fingerprint density at radius 3 is 3.06 bits per heavy atom. The first-order chi connectivity index (χ1) is 8.56. The van der Waals surface area contributed by atoms with Gasteiger partial charge in [-0.05, 0) is 29.0 Å². The smallest absolute Gasteiger partial charge is 0.156 e. The Morgan fingerprint density at radius 1 is 1.61 bits per heavy atom. The van der Waals surface area contributed by atoms with Crippen molar-refractivity contribution in [2.45, 2.75) is 6.10 Å². The molecule has 1 aromatic carbocycles. The van der Waals surface area contributed by atoms with Gasteiger partial charge in [0.1, 0.15) is 18.5 Å². The van der Waals surface area contributed by atoms with Crippen molar-refractivity contribution in [3.63, 3.8) is 0 Å². The van der Waals surface area contributed by atoms with Crippen LogP contribution in [0.25, 0.3) is 0 Å². The number of nitrogens with two attached hydrogens (primary N) is 1. The Kier molecular flexibility index (Phi) is 4.42. The normalized spacial score (nSPS) is 20.9. The van der Waals surface area contributed by atoms with Gasteiger partial charge in [0, 0.05) is 19.2 Å². The molecule has 0 spiro atoms. The fourth-order valence-corrected chi connectivity index (χ4v) is 2.44. The molecule has 0 radical (unpaired) electrons. The molecule has 1 aromatic rings. The third-order valence-electron chi connectivity index (χ3n) is 2.79. The number of rotatable bonds is 3. The van der Waals surface area contributed by atoms with Crippen molar-refractivity contribution in [2.75, 3.05) is 39.1 Å². The lowest BCUT2D eigenvalue weighted by Gasteiger charge is -2.30. The lowest BCUT2D eigenvalue weighted by atomic mass is 10.2.